The molecule has 1 saturated heterocycles. The van der Waals surface area contributed by atoms with Gasteiger partial charge in [0, 0.05) is 44.1 Å². The number of hydrogen-bond donors (Lipinski definition) is 2. The number of amides is 1. The van der Waals surface area contributed by atoms with Crippen LogP contribution in [0.2, 0.25) is 0 Å². The van der Waals surface area contributed by atoms with Gasteiger partial charge in [-0.05, 0) is 43.7 Å². The molecule has 2 aromatic rings. The Morgan fingerprint density at radius 1 is 1.30 bits per heavy atom. The van der Waals surface area contributed by atoms with Crippen molar-refractivity contribution in [2.24, 2.45) is 0 Å². The van der Waals surface area contributed by atoms with Gasteiger partial charge < -0.3 is 15.5 Å². The number of carbonyl (C=O) groups is 1. The predicted molar refractivity (Wildman–Crippen MR) is 102 cm³/mol. The molecule has 1 amide bonds. The lowest BCUT2D eigenvalue weighted by Gasteiger charge is -2.29. The summed E-state index contributed by atoms with van der Waals surface area (Å²) in [5.74, 6) is -0.410. The summed E-state index contributed by atoms with van der Waals surface area (Å²) in [5.41, 5.74) is 0.595. The molecule has 3 rings (SSSR count). The van der Waals surface area contributed by atoms with Crippen LogP contribution in [0.15, 0.2) is 36.5 Å². The maximum absolute atomic E-state index is 13.8. The van der Waals surface area contributed by atoms with Crippen LogP contribution >= 0.6 is 0 Å². The number of hydrogen-bond acceptors (Lipinski definition) is 5. The van der Waals surface area contributed by atoms with Crippen LogP contribution in [-0.2, 0) is 10.2 Å². The first-order valence-electron chi connectivity index (χ1n) is 8.84. The van der Waals surface area contributed by atoms with E-state index in [1.54, 1.807) is 20.0 Å². The fraction of sp³-hybridized carbons (Fsp3) is 0.350. The van der Waals surface area contributed by atoms with Crippen molar-refractivity contribution >= 4 is 17.4 Å². The van der Waals surface area contributed by atoms with Crippen molar-refractivity contribution < 1.29 is 9.18 Å². The summed E-state index contributed by atoms with van der Waals surface area (Å²) in [6.45, 7) is 7.00. The van der Waals surface area contributed by atoms with Gasteiger partial charge in [0.1, 0.15) is 11.6 Å². The monoisotopic (exact) mass is 367 g/mol. The summed E-state index contributed by atoms with van der Waals surface area (Å²) in [4.78, 5) is 19.3. The maximum atomic E-state index is 13.8. The summed E-state index contributed by atoms with van der Waals surface area (Å²) < 4.78 is 13.8. The third kappa shape index (κ3) is 4.23. The average Bonchev–Trinajstić information content (AvgIpc) is 2.68. The van der Waals surface area contributed by atoms with E-state index in [-0.39, 0.29) is 11.5 Å². The fourth-order valence-corrected chi connectivity index (χ4v) is 3.03. The van der Waals surface area contributed by atoms with E-state index in [2.05, 4.69) is 20.5 Å². The lowest BCUT2D eigenvalue weighted by atomic mass is 9.83. The molecule has 1 aromatic heterocycles. The Balaban J connectivity index is 1.80. The van der Waals surface area contributed by atoms with E-state index < -0.39 is 11.2 Å². The van der Waals surface area contributed by atoms with Gasteiger partial charge in [-0.2, -0.15) is 5.26 Å². The van der Waals surface area contributed by atoms with Crippen molar-refractivity contribution in [3.05, 3.63) is 53.5 Å². The molecule has 1 aromatic carbocycles. The predicted octanol–water partition coefficient (Wildman–Crippen LogP) is 2.42. The van der Waals surface area contributed by atoms with Gasteiger partial charge in [-0.15, -0.1) is 0 Å². The molecule has 140 valence electrons. The quantitative estimate of drug-likeness (QED) is 0.867. The summed E-state index contributed by atoms with van der Waals surface area (Å²) >= 11 is 0. The first-order chi connectivity index (χ1) is 12.9. The second kappa shape index (κ2) is 7.72. The zero-order valence-electron chi connectivity index (χ0n) is 15.4. The van der Waals surface area contributed by atoms with Crippen LogP contribution in [0.1, 0.15) is 25.0 Å². The number of nitrogens with one attached hydrogen (secondary N) is 2. The topological polar surface area (TPSA) is 81.1 Å². The fourth-order valence-electron chi connectivity index (χ4n) is 3.03. The van der Waals surface area contributed by atoms with Crippen molar-refractivity contribution in [2.45, 2.75) is 19.3 Å². The first-order valence-corrected chi connectivity index (χ1v) is 8.84. The summed E-state index contributed by atoms with van der Waals surface area (Å²) in [7, 11) is 0. The Morgan fingerprint density at radius 2 is 2.04 bits per heavy atom. The summed E-state index contributed by atoms with van der Waals surface area (Å²) in [6.07, 6.45) is 1.66. The lowest BCUT2D eigenvalue weighted by molar-refractivity contribution is -0.120. The molecule has 1 aliphatic heterocycles. The van der Waals surface area contributed by atoms with Crippen LogP contribution < -0.4 is 15.5 Å². The van der Waals surface area contributed by atoms with Gasteiger partial charge >= 0.3 is 0 Å². The average molecular weight is 367 g/mol. The SMILES string of the molecule is CC(C)(C(=O)Nc1cc(N2CCNCC2)ccn1)c1cc(F)cc(C#N)c1. The molecule has 0 saturated carbocycles. The minimum Gasteiger partial charge on any atom is -0.369 e. The third-order valence-electron chi connectivity index (χ3n) is 4.78. The molecule has 0 spiro atoms. The molecule has 0 bridgehead atoms. The number of benzene rings is 1. The molecule has 1 fully saturated rings. The number of halogens is 1. The van der Waals surface area contributed by atoms with Crippen LogP contribution in [0, 0.1) is 17.1 Å². The van der Waals surface area contributed by atoms with Gasteiger partial charge in [0.25, 0.3) is 0 Å². The number of anilines is 2. The van der Waals surface area contributed by atoms with Crippen molar-refractivity contribution in [1.29, 1.82) is 5.26 Å². The van der Waals surface area contributed by atoms with Gasteiger partial charge in [0.15, 0.2) is 0 Å². The zero-order valence-corrected chi connectivity index (χ0v) is 15.4. The molecular weight excluding hydrogens is 345 g/mol. The minimum absolute atomic E-state index is 0.185. The van der Waals surface area contributed by atoms with Crippen LogP contribution in [0.3, 0.4) is 0 Å². The zero-order chi connectivity index (χ0) is 19.4. The molecule has 7 heteroatoms. The van der Waals surface area contributed by atoms with E-state index in [4.69, 9.17) is 5.26 Å². The molecular formula is C20H22FN5O. The molecule has 27 heavy (non-hydrogen) atoms. The summed E-state index contributed by atoms with van der Waals surface area (Å²) in [5, 5.41) is 15.2. The Morgan fingerprint density at radius 3 is 2.74 bits per heavy atom. The van der Waals surface area contributed by atoms with Gasteiger partial charge in [0.2, 0.25) is 5.91 Å². The van der Waals surface area contributed by atoms with Crippen LogP contribution in [-0.4, -0.2) is 37.1 Å². The number of aromatic nitrogens is 1. The number of piperazine rings is 1. The normalized spacial score (nSPS) is 14.5. The number of nitriles is 1. The Labute approximate surface area is 158 Å². The molecule has 2 N–H and O–H groups in total. The Bertz CT molecular complexity index is 884. The Hall–Kier alpha value is -2.98. The molecule has 0 atom stereocenters. The van der Waals surface area contributed by atoms with Crippen molar-refractivity contribution in [3.8, 4) is 6.07 Å². The largest absolute Gasteiger partial charge is 0.369 e. The van der Waals surface area contributed by atoms with E-state index in [0.717, 1.165) is 37.9 Å². The summed E-state index contributed by atoms with van der Waals surface area (Å²) in [6, 6.07) is 9.64. The Kier molecular flexibility index (Phi) is 5.38. The molecule has 0 unspecified atom stereocenters. The lowest BCUT2D eigenvalue weighted by Crippen LogP contribution is -2.43. The molecule has 1 aliphatic rings. The highest BCUT2D eigenvalue weighted by Gasteiger charge is 2.31. The second-order valence-electron chi connectivity index (χ2n) is 7.06. The molecule has 6 nitrogen and oxygen atoms in total. The highest BCUT2D eigenvalue weighted by Crippen LogP contribution is 2.27. The van der Waals surface area contributed by atoms with E-state index in [0.29, 0.717) is 11.4 Å². The smallest absolute Gasteiger partial charge is 0.235 e. The van der Waals surface area contributed by atoms with E-state index in [9.17, 15) is 9.18 Å². The van der Waals surface area contributed by atoms with Crippen LogP contribution in [0.4, 0.5) is 15.9 Å². The van der Waals surface area contributed by atoms with E-state index >= 15 is 0 Å². The van der Waals surface area contributed by atoms with Crippen molar-refractivity contribution in [3.63, 3.8) is 0 Å². The van der Waals surface area contributed by atoms with Gasteiger partial charge in [0.05, 0.1) is 17.0 Å². The molecule has 0 aliphatic carbocycles. The van der Waals surface area contributed by atoms with Crippen molar-refractivity contribution in [2.75, 3.05) is 36.4 Å². The van der Waals surface area contributed by atoms with Gasteiger partial charge in [-0.25, -0.2) is 9.37 Å². The van der Waals surface area contributed by atoms with E-state index in [1.165, 1.54) is 12.1 Å². The van der Waals surface area contributed by atoms with Gasteiger partial charge in [-0.3, -0.25) is 4.79 Å². The van der Waals surface area contributed by atoms with Crippen LogP contribution in [0.5, 0.6) is 0 Å². The van der Waals surface area contributed by atoms with Gasteiger partial charge in [-0.1, -0.05) is 0 Å². The first kappa shape index (κ1) is 18.8. The minimum atomic E-state index is -1.03. The highest BCUT2D eigenvalue weighted by molar-refractivity contribution is 5.98. The number of carbonyl (C=O) groups excluding carboxylic acids is 1. The second-order valence-corrected chi connectivity index (χ2v) is 7.06. The van der Waals surface area contributed by atoms with E-state index in [1.807, 2.05) is 18.2 Å². The number of pyridine rings is 1. The molecule has 0 radical (unpaired) electrons. The standard InChI is InChI=1S/C20H22FN5O/c1-20(2,15-9-14(13-22)10-16(21)11-15)19(27)25-18-12-17(3-4-24-18)26-7-5-23-6-8-26/h3-4,9-12,23H,5-8H2,1-2H3,(H,24,25,27). The van der Waals surface area contributed by atoms with Crippen LogP contribution in [0.25, 0.3) is 0 Å². The molecule has 2 heterocycles. The maximum Gasteiger partial charge on any atom is 0.235 e. The highest BCUT2D eigenvalue weighted by atomic mass is 19.1. The third-order valence-corrected chi connectivity index (χ3v) is 4.78. The number of nitrogens with zero attached hydrogens (tertiary/aromatic N) is 3. The number of rotatable bonds is 4. The van der Waals surface area contributed by atoms with Crippen molar-refractivity contribution in [1.82, 2.24) is 10.3 Å².